The Morgan fingerprint density at radius 1 is 1.24 bits per heavy atom. The number of rotatable bonds is 4. The zero-order chi connectivity index (χ0) is 15.0. The minimum Gasteiger partial charge on any atom is -0.355 e. The average Bonchev–Trinajstić information content (AvgIpc) is 3.19. The van der Waals surface area contributed by atoms with Crippen molar-refractivity contribution in [2.75, 3.05) is 6.54 Å². The third-order valence-electron chi connectivity index (χ3n) is 4.10. The lowest BCUT2D eigenvalue weighted by atomic mass is 9.98. The summed E-state index contributed by atoms with van der Waals surface area (Å²) in [4.78, 5) is 11.7. The molecule has 1 amide bonds. The van der Waals surface area contributed by atoms with Crippen LogP contribution in [0.2, 0.25) is 0 Å². The molecule has 0 aromatic heterocycles. The first-order chi connectivity index (χ1) is 9.95. The van der Waals surface area contributed by atoms with Crippen LogP contribution in [-0.4, -0.2) is 18.5 Å². The summed E-state index contributed by atoms with van der Waals surface area (Å²) in [6.07, 6.45) is -1.68. The Kier molecular flexibility index (Phi) is 3.65. The van der Waals surface area contributed by atoms with E-state index in [1.165, 1.54) is 12.1 Å². The minimum atomic E-state index is -4.34. The number of halogens is 3. The smallest absolute Gasteiger partial charge is 0.355 e. The lowest BCUT2D eigenvalue weighted by Gasteiger charge is -2.23. The second kappa shape index (κ2) is 5.33. The van der Waals surface area contributed by atoms with Crippen LogP contribution in [0.5, 0.6) is 0 Å². The van der Waals surface area contributed by atoms with Crippen molar-refractivity contribution < 1.29 is 18.0 Å². The second-order valence-electron chi connectivity index (χ2n) is 5.74. The number of alkyl halides is 3. The summed E-state index contributed by atoms with van der Waals surface area (Å²) < 4.78 is 38.5. The first kappa shape index (κ1) is 14.4. The SMILES string of the molecule is O=C1NCC[C@@H]1N[C@@H](c1cccc(C(F)(F)F)c1)C1CC1. The molecule has 6 heteroatoms. The highest BCUT2D eigenvalue weighted by molar-refractivity contribution is 5.83. The van der Waals surface area contributed by atoms with Crippen LogP contribution < -0.4 is 10.6 Å². The summed E-state index contributed by atoms with van der Waals surface area (Å²) in [5.74, 6) is 0.259. The van der Waals surface area contributed by atoms with E-state index >= 15 is 0 Å². The zero-order valence-electron chi connectivity index (χ0n) is 11.4. The predicted molar refractivity (Wildman–Crippen MR) is 71.5 cm³/mol. The van der Waals surface area contributed by atoms with Gasteiger partial charge in [-0.2, -0.15) is 13.2 Å². The Labute approximate surface area is 120 Å². The molecule has 1 aromatic rings. The van der Waals surface area contributed by atoms with Crippen molar-refractivity contribution >= 4 is 5.91 Å². The summed E-state index contributed by atoms with van der Waals surface area (Å²) in [5, 5.41) is 5.98. The Morgan fingerprint density at radius 2 is 2.00 bits per heavy atom. The highest BCUT2D eigenvalue weighted by Gasteiger charge is 2.37. The summed E-state index contributed by atoms with van der Waals surface area (Å²) in [6.45, 7) is 0.622. The number of hydrogen-bond donors (Lipinski definition) is 2. The number of benzene rings is 1. The Bertz CT molecular complexity index is 540. The van der Waals surface area contributed by atoms with Gasteiger partial charge in [-0.3, -0.25) is 10.1 Å². The number of amides is 1. The van der Waals surface area contributed by atoms with Gasteiger partial charge in [-0.05, 0) is 42.9 Å². The molecular formula is C15H17F3N2O. The molecule has 3 nitrogen and oxygen atoms in total. The Hall–Kier alpha value is -1.56. The number of carbonyl (C=O) groups is 1. The Balaban J connectivity index is 1.82. The van der Waals surface area contributed by atoms with Crippen LogP contribution in [0, 0.1) is 5.92 Å². The van der Waals surface area contributed by atoms with Crippen molar-refractivity contribution in [3.8, 4) is 0 Å². The highest BCUT2D eigenvalue weighted by Crippen LogP contribution is 2.42. The molecule has 1 saturated carbocycles. The van der Waals surface area contributed by atoms with Crippen LogP contribution in [-0.2, 0) is 11.0 Å². The van der Waals surface area contributed by atoms with Crippen molar-refractivity contribution in [3.05, 3.63) is 35.4 Å². The monoisotopic (exact) mass is 298 g/mol. The lowest BCUT2D eigenvalue weighted by Crippen LogP contribution is -2.39. The van der Waals surface area contributed by atoms with E-state index in [0.29, 0.717) is 24.4 Å². The van der Waals surface area contributed by atoms with Gasteiger partial charge in [-0.15, -0.1) is 0 Å². The topological polar surface area (TPSA) is 41.1 Å². The fourth-order valence-corrected chi connectivity index (χ4v) is 2.81. The minimum absolute atomic E-state index is 0.0624. The number of nitrogens with one attached hydrogen (secondary N) is 2. The van der Waals surface area contributed by atoms with Gasteiger partial charge in [-0.1, -0.05) is 12.1 Å². The fraction of sp³-hybridized carbons (Fsp3) is 0.533. The van der Waals surface area contributed by atoms with E-state index in [0.717, 1.165) is 18.9 Å². The molecule has 1 heterocycles. The van der Waals surface area contributed by atoms with Crippen LogP contribution >= 0.6 is 0 Å². The summed E-state index contributed by atoms with van der Waals surface area (Å²) in [6, 6.07) is 4.94. The van der Waals surface area contributed by atoms with Gasteiger partial charge >= 0.3 is 6.18 Å². The molecule has 0 spiro atoms. The molecule has 2 N–H and O–H groups in total. The van der Waals surface area contributed by atoms with Gasteiger partial charge in [0.15, 0.2) is 0 Å². The third-order valence-corrected chi connectivity index (χ3v) is 4.10. The van der Waals surface area contributed by atoms with E-state index < -0.39 is 11.7 Å². The van der Waals surface area contributed by atoms with Gasteiger partial charge in [-0.25, -0.2) is 0 Å². The van der Waals surface area contributed by atoms with Gasteiger partial charge in [0.25, 0.3) is 0 Å². The maximum absolute atomic E-state index is 12.8. The van der Waals surface area contributed by atoms with Crippen molar-refractivity contribution in [3.63, 3.8) is 0 Å². The highest BCUT2D eigenvalue weighted by atomic mass is 19.4. The normalized spacial score (nSPS) is 24.0. The summed E-state index contributed by atoms with van der Waals surface area (Å²) in [5.41, 5.74) is -0.0182. The van der Waals surface area contributed by atoms with E-state index in [4.69, 9.17) is 0 Å². The van der Waals surface area contributed by atoms with Crippen molar-refractivity contribution in [2.24, 2.45) is 5.92 Å². The third kappa shape index (κ3) is 3.20. The maximum Gasteiger partial charge on any atom is 0.416 e. The molecule has 1 aliphatic heterocycles. The van der Waals surface area contributed by atoms with Crippen molar-refractivity contribution in [1.29, 1.82) is 0 Å². The molecule has 114 valence electrons. The fourth-order valence-electron chi connectivity index (χ4n) is 2.81. The van der Waals surface area contributed by atoms with Gasteiger partial charge in [0.1, 0.15) is 0 Å². The second-order valence-corrected chi connectivity index (χ2v) is 5.74. The van der Waals surface area contributed by atoms with Crippen LogP contribution in [0.25, 0.3) is 0 Å². The van der Waals surface area contributed by atoms with E-state index in [-0.39, 0.29) is 18.0 Å². The molecule has 2 aliphatic rings. The largest absolute Gasteiger partial charge is 0.416 e. The molecule has 0 radical (unpaired) electrons. The quantitative estimate of drug-likeness (QED) is 0.897. The first-order valence-electron chi connectivity index (χ1n) is 7.16. The maximum atomic E-state index is 12.8. The molecule has 0 bridgehead atoms. The van der Waals surface area contributed by atoms with Gasteiger partial charge in [0.05, 0.1) is 11.6 Å². The van der Waals surface area contributed by atoms with Crippen molar-refractivity contribution in [1.82, 2.24) is 10.6 Å². The summed E-state index contributed by atoms with van der Waals surface area (Å²) >= 11 is 0. The zero-order valence-corrected chi connectivity index (χ0v) is 11.4. The standard InChI is InChI=1S/C15H17F3N2O/c16-15(17,18)11-3-1-2-10(8-11)13(9-4-5-9)20-12-6-7-19-14(12)21/h1-3,8-9,12-13,20H,4-7H2,(H,19,21)/t12-,13+/m0/s1. The van der Waals surface area contributed by atoms with Crippen LogP contribution in [0.4, 0.5) is 13.2 Å². The first-order valence-corrected chi connectivity index (χ1v) is 7.16. The molecule has 0 unspecified atom stereocenters. The molecule has 1 aromatic carbocycles. The molecule has 2 fully saturated rings. The molecule has 1 aliphatic carbocycles. The molecular weight excluding hydrogens is 281 g/mol. The predicted octanol–water partition coefficient (Wildman–Crippen LogP) is 2.63. The number of carbonyl (C=O) groups excluding carboxylic acids is 1. The van der Waals surface area contributed by atoms with E-state index in [9.17, 15) is 18.0 Å². The van der Waals surface area contributed by atoms with Gasteiger partial charge in [0.2, 0.25) is 5.91 Å². The van der Waals surface area contributed by atoms with E-state index in [1.54, 1.807) is 6.07 Å². The molecule has 1 saturated heterocycles. The Morgan fingerprint density at radius 3 is 2.57 bits per heavy atom. The lowest BCUT2D eigenvalue weighted by molar-refractivity contribution is -0.137. The van der Waals surface area contributed by atoms with Crippen LogP contribution in [0.1, 0.15) is 36.4 Å². The molecule has 3 rings (SSSR count). The molecule has 21 heavy (non-hydrogen) atoms. The average molecular weight is 298 g/mol. The molecule has 2 atom stereocenters. The van der Waals surface area contributed by atoms with Crippen molar-refractivity contribution in [2.45, 2.75) is 37.5 Å². The van der Waals surface area contributed by atoms with Crippen LogP contribution in [0.3, 0.4) is 0 Å². The van der Waals surface area contributed by atoms with Gasteiger partial charge in [0, 0.05) is 12.6 Å². The van der Waals surface area contributed by atoms with E-state index in [1.807, 2.05) is 0 Å². The van der Waals surface area contributed by atoms with E-state index in [2.05, 4.69) is 10.6 Å². The number of hydrogen-bond acceptors (Lipinski definition) is 2. The summed E-state index contributed by atoms with van der Waals surface area (Å²) in [7, 11) is 0. The van der Waals surface area contributed by atoms with Gasteiger partial charge < -0.3 is 5.32 Å². The van der Waals surface area contributed by atoms with Crippen LogP contribution in [0.15, 0.2) is 24.3 Å².